The minimum Gasteiger partial charge on any atom is -0.480 e. The number of rotatable bonds is 9. The number of carbonyl (C=O) groups is 4. The lowest BCUT2D eigenvalue weighted by Crippen LogP contribution is -2.34. The van der Waals surface area contributed by atoms with Crippen LogP contribution < -0.4 is 22.5 Å². The van der Waals surface area contributed by atoms with Gasteiger partial charge in [0.15, 0.2) is 0 Å². The summed E-state index contributed by atoms with van der Waals surface area (Å²) in [5, 5.41) is 19.2. The summed E-state index contributed by atoms with van der Waals surface area (Å²) in [6.07, 6.45) is 0.455. The molecule has 10 nitrogen and oxygen atoms in total. The molecule has 0 heterocycles. The fraction of sp³-hybridized carbons (Fsp3) is 0.636. The smallest absolute Gasteiger partial charge is 0.320 e. The predicted octanol–water partition coefficient (Wildman–Crippen LogP) is -2.41. The third kappa shape index (κ3) is 14.0. The molecule has 0 aliphatic rings. The van der Waals surface area contributed by atoms with Gasteiger partial charge in [-0.2, -0.15) is 0 Å². The maximum atomic E-state index is 10.3. The van der Waals surface area contributed by atoms with Crippen LogP contribution in [0.4, 0.5) is 0 Å². The van der Waals surface area contributed by atoms with Gasteiger partial charge >= 0.3 is 11.9 Å². The number of hydrogen-bond donors (Lipinski definition) is 6. The van der Waals surface area contributed by atoms with Crippen LogP contribution in [0.25, 0.3) is 0 Å². The summed E-state index contributed by atoms with van der Waals surface area (Å²) in [5.74, 6) is -3.08. The first kappa shape index (κ1) is 21.1. The van der Waals surface area contributed by atoms with Crippen molar-refractivity contribution in [3.8, 4) is 0 Å². The second-order valence-corrected chi connectivity index (χ2v) is 4.13. The van der Waals surface area contributed by atoms with E-state index in [2.05, 4.69) is 5.32 Å². The Bertz CT molecular complexity index is 374. The highest BCUT2D eigenvalue weighted by Gasteiger charge is 2.14. The molecule has 122 valence electrons. The first-order valence-electron chi connectivity index (χ1n) is 6.06. The highest BCUT2D eigenvalue weighted by atomic mass is 16.4. The van der Waals surface area contributed by atoms with Crippen molar-refractivity contribution >= 4 is 23.8 Å². The van der Waals surface area contributed by atoms with Crippen molar-refractivity contribution in [1.29, 1.82) is 0 Å². The summed E-state index contributed by atoms with van der Waals surface area (Å²) in [4.78, 5) is 40.7. The molecule has 0 saturated heterocycles. The van der Waals surface area contributed by atoms with Crippen LogP contribution in [0.2, 0.25) is 0 Å². The molecule has 2 amide bonds. The molecule has 0 spiro atoms. The monoisotopic (exact) mass is 306 g/mol. The van der Waals surface area contributed by atoms with E-state index in [1.807, 2.05) is 0 Å². The van der Waals surface area contributed by atoms with Gasteiger partial charge in [-0.05, 0) is 19.9 Å². The number of aliphatic carboxylic acids is 2. The number of primary amides is 2. The molecular formula is C11H22N4O6. The maximum absolute atomic E-state index is 10.3. The van der Waals surface area contributed by atoms with Gasteiger partial charge in [0.25, 0.3) is 0 Å². The fourth-order valence-electron chi connectivity index (χ4n) is 1.10. The molecule has 0 radical (unpaired) electrons. The maximum Gasteiger partial charge on any atom is 0.320 e. The highest BCUT2D eigenvalue weighted by molar-refractivity contribution is 5.77. The molecule has 0 fully saturated rings. The Morgan fingerprint density at radius 1 is 0.952 bits per heavy atom. The Hall–Kier alpha value is -2.20. The zero-order valence-electron chi connectivity index (χ0n) is 11.7. The van der Waals surface area contributed by atoms with E-state index in [4.69, 9.17) is 27.4 Å². The van der Waals surface area contributed by atoms with Gasteiger partial charge in [-0.15, -0.1) is 0 Å². The van der Waals surface area contributed by atoms with Crippen LogP contribution in [0, 0.1) is 0 Å². The van der Waals surface area contributed by atoms with E-state index in [0.29, 0.717) is 0 Å². The number of nitrogens with two attached hydrogens (primary N) is 3. The van der Waals surface area contributed by atoms with Crippen LogP contribution in [0.15, 0.2) is 0 Å². The van der Waals surface area contributed by atoms with E-state index in [9.17, 15) is 19.2 Å². The molecule has 0 aliphatic heterocycles. The van der Waals surface area contributed by atoms with Crippen molar-refractivity contribution in [3.05, 3.63) is 0 Å². The van der Waals surface area contributed by atoms with E-state index >= 15 is 0 Å². The summed E-state index contributed by atoms with van der Waals surface area (Å²) in [6.45, 7) is 0. The molecule has 0 aliphatic carbocycles. The van der Waals surface area contributed by atoms with Crippen LogP contribution >= 0.6 is 0 Å². The number of amides is 2. The second-order valence-electron chi connectivity index (χ2n) is 4.13. The normalized spacial score (nSPS) is 12.5. The van der Waals surface area contributed by atoms with Gasteiger partial charge in [0, 0.05) is 12.8 Å². The van der Waals surface area contributed by atoms with E-state index < -0.39 is 35.8 Å². The molecule has 2 atom stereocenters. The first-order valence-corrected chi connectivity index (χ1v) is 6.06. The van der Waals surface area contributed by atoms with Gasteiger partial charge < -0.3 is 32.7 Å². The van der Waals surface area contributed by atoms with Crippen molar-refractivity contribution in [2.24, 2.45) is 17.2 Å². The lowest BCUT2D eigenvalue weighted by molar-refractivity contribution is -0.140. The highest BCUT2D eigenvalue weighted by Crippen LogP contribution is 1.95. The SMILES string of the molecule is CN[C@H](CCC(N)=O)C(=O)O.NC(=O)CC[C@@H](N)C(=O)O. The molecule has 21 heavy (non-hydrogen) atoms. The molecule has 0 bridgehead atoms. The van der Waals surface area contributed by atoms with Crippen molar-refractivity contribution in [3.63, 3.8) is 0 Å². The van der Waals surface area contributed by atoms with Gasteiger partial charge in [-0.3, -0.25) is 19.2 Å². The standard InChI is InChI=1S/C6H12N2O3.C5H10N2O3/c1-8-4(6(10)11)2-3-5(7)9;6-3(5(9)10)1-2-4(7)8/h4,8H,2-3H2,1H3,(H2,7,9)(H,10,11);3H,1-2,6H2,(H2,7,8)(H,9,10)/t4-;3-/m11/s1. The molecule has 10 heteroatoms. The number of carboxylic acid groups (broad SMARTS) is 2. The lowest BCUT2D eigenvalue weighted by atomic mass is 10.1. The van der Waals surface area contributed by atoms with Gasteiger partial charge in [0.2, 0.25) is 11.8 Å². The van der Waals surface area contributed by atoms with Gasteiger partial charge in [0.05, 0.1) is 0 Å². The Morgan fingerprint density at radius 3 is 1.67 bits per heavy atom. The molecule has 0 saturated carbocycles. The Kier molecular flexibility index (Phi) is 11.7. The summed E-state index contributed by atoms with van der Waals surface area (Å²) < 4.78 is 0. The van der Waals surface area contributed by atoms with E-state index in [0.717, 1.165) is 0 Å². The summed E-state index contributed by atoms with van der Waals surface area (Å²) in [7, 11) is 1.53. The van der Waals surface area contributed by atoms with Gasteiger partial charge in [-0.25, -0.2) is 0 Å². The minimum atomic E-state index is -1.11. The number of nitrogens with one attached hydrogen (secondary N) is 1. The molecule has 9 N–H and O–H groups in total. The van der Waals surface area contributed by atoms with E-state index in [-0.39, 0.29) is 25.7 Å². The van der Waals surface area contributed by atoms with Crippen molar-refractivity contribution in [1.82, 2.24) is 5.32 Å². The van der Waals surface area contributed by atoms with Crippen LogP contribution in [0.3, 0.4) is 0 Å². The molecule has 0 aromatic rings. The quantitative estimate of drug-likeness (QED) is 0.270. The predicted molar refractivity (Wildman–Crippen MR) is 73.0 cm³/mol. The third-order valence-electron chi connectivity index (χ3n) is 2.34. The molecule has 0 rings (SSSR count). The molecule has 0 aromatic carbocycles. The fourth-order valence-corrected chi connectivity index (χ4v) is 1.10. The summed E-state index contributed by atoms with van der Waals surface area (Å²) in [6, 6.07) is -1.66. The number of hydrogen-bond acceptors (Lipinski definition) is 6. The summed E-state index contributed by atoms with van der Waals surface area (Å²) in [5.41, 5.74) is 14.6. The van der Waals surface area contributed by atoms with Crippen LogP contribution in [-0.2, 0) is 19.2 Å². The van der Waals surface area contributed by atoms with Crippen LogP contribution in [-0.4, -0.2) is 53.1 Å². The van der Waals surface area contributed by atoms with Crippen LogP contribution in [0.5, 0.6) is 0 Å². The first-order chi connectivity index (χ1) is 9.61. The topological polar surface area (TPSA) is 199 Å². The third-order valence-corrected chi connectivity index (χ3v) is 2.34. The Morgan fingerprint density at radius 2 is 1.38 bits per heavy atom. The molecule has 0 aromatic heterocycles. The number of carboxylic acids is 2. The van der Waals surface area contributed by atoms with E-state index in [1.165, 1.54) is 7.05 Å². The van der Waals surface area contributed by atoms with Gasteiger partial charge in [0.1, 0.15) is 12.1 Å². The molecule has 0 unspecified atom stereocenters. The average molecular weight is 306 g/mol. The molecular weight excluding hydrogens is 284 g/mol. The van der Waals surface area contributed by atoms with Crippen molar-refractivity contribution in [2.75, 3.05) is 7.05 Å². The zero-order chi connectivity index (χ0) is 17.0. The zero-order valence-corrected chi connectivity index (χ0v) is 11.7. The second kappa shape index (κ2) is 11.6. The number of carbonyl (C=O) groups excluding carboxylic acids is 2. The van der Waals surface area contributed by atoms with E-state index in [1.54, 1.807) is 0 Å². The lowest BCUT2D eigenvalue weighted by Gasteiger charge is -2.08. The van der Waals surface area contributed by atoms with Crippen molar-refractivity contribution < 1.29 is 29.4 Å². The summed E-state index contributed by atoms with van der Waals surface area (Å²) >= 11 is 0. The minimum absolute atomic E-state index is 0.0213. The Labute approximate surface area is 121 Å². The van der Waals surface area contributed by atoms with Gasteiger partial charge in [-0.1, -0.05) is 0 Å². The van der Waals surface area contributed by atoms with Crippen LogP contribution in [0.1, 0.15) is 25.7 Å². The largest absolute Gasteiger partial charge is 0.480 e. The Balaban J connectivity index is 0. The number of likely N-dealkylation sites (N-methyl/N-ethyl adjacent to an activating group) is 1. The van der Waals surface area contributed by atoms with Crippen molar-refractivity contribution in [2.45, 2.75) is 37.8 Å². The average Bonchev–Trinajstić information content (AvgIpc) is 2.36.